The molecule has 2 aliphatic carbocycles. The predicted octanol–water partition coefficient (Wildman–Crippen LogP) is 2.88. The van der Waals surface area contributed by atoms with Gasteiger partial charge in [-0.25, -0.2) is 9.78 Å². The van der Waals surface area contributed by atoms with E-state index in [0.29, 0.717) is 12.2 Å². The lowest BCUT2D eigenvalue weighted by Crippen LogP contribution is -2.28. The lowest BCUT2D eigenvalue weighted by Gasteiger charge is -2.23. The van der Waals surface area contributed by atoms with Crippen LogP contribution in [-0.4, -0.2) is 30.6 Å². The number of pyridine rings is 1. The minimum atomic E-state index is -0.289. The molecule has 0 saturated heterocycles. The van der Waals surface area contributed by atoms with Crippen LogP contribution in [0.15, 0.2) is 18.3 Å². The Morgan fingerprint density at radius 2 is 1.90 bits per heavy atom. The van der Waals surface area contributed by atoms with Gasteiger partial charge in [0.2, 0.25) is 0 Å². The van der Waals surface area contributed by atoms with Gasteiger partial charge < -0.3 is 9.64 Å². The maximum absolute atomic E-state index is 11.6. The van der Waals surface area contributed by atoms with Crippen LogP contribution in [0.5, 0.6) is 0 Å². The van der Waals surface area contributed by atoms with Gasteiger partial charge in [0.25, 0.3) is 0 Å². The molecule has 0 spiro atoms. The van der Waals surface area contributed by atoms with E-state index >= 15 is 0 Å². The van der Waals surface area contributed by atoms with Crippen LogP contribution in [0.2, 0.25) is 0 Å². The highest BCUT2D eigenvalue weighted by Gasteiger charge is 2.29. The molecule has 0 aromatic carbocycles. The molecule has 2 aliphatic rings. The van der Waals surface area contributed by atoms with Crippen molar-refractivity contribution >= 4 is 11.8 Å². The smallest absolute Gasteiger partial charge is 0.339 e. The molecule has 3 rings (SSSR count). The molecule has 2 saturated carbocycles. The van der Waals surface area contributed by atoms with E-state index in [9.17, 15) is 4.79 Å². The van der Waals surface area contributed by atoms with Crippen molar-refractivity contribution in [2.24, 2.45) is 11.8 Å². The van der Waals surface area contributed by atoms with Gasteiger partial charge in [0.1, 0.15) is 5.82 Å². The van der Waals surface area contributed by atoms with Crippen molar-refractivity contribution in [3.63, 3.8) is 0 Å². The van der Waals surface area contributed by atoms with Gasteiger partial charge >= 0.3 is 5.97 Å². The second-order valence-electron chi connectivity index (χ2n) is 5.92. The van der Waals surface area contributed by atoms with E-state index in [2.05, 4.69) is 9.88 Å². The lowest BCUT2D eigenvalue weighted by atomic mass is 10.2. The summed E-state index contributed by atoms with van der Waals surface area (Å²) >= 11 is 0. The van der Waals surface area contributed by atoms with Crippen LogP contribution < -0.4 is 4.90 Å². The third-order valence-corrected chi connectivity index (χ3v) is 3.93. The quantitative estimate of drug-likeness (QED) is 0.717. The number of hydrogen-bond acceptors (Lipinski definition) is 4. The molecule has 1 heterocycles. The Bertz CT molecular complexity index is 450. The second kappa shape index (κ2) is 5.81. The van der Waals surface area contributed by atoms with Crippen LogP contribution in [0.25, 0.3) is 0 Å². The topological polar surface area (TPSA) is 42.4 Å². The van der Waals surface area contributed by atoms with Crippen LogP contribution in [0, 0.1) is 11.8 Å². The maximum Gasteiger partial charge on any atom is 0.339 e. The van der Waals surface area contributed by atoms with Crippen molar-refractivity contribution in [3.05, 3.63) is 23.9 Å². The average Bonchev–Trinajstić information content (AvgIpc) is 3.34. The van der Waals surface area contributed by atoms with Crippen molar-refractivity contribution in [1.82, 2.24) is 4.98 Å². The summed E-state index contributed by atoms with van der Waals surface area (Å²) in [4.78, 5) is 18.5. The summed E-state index contributed by atoms with van der Waals surface area (Å²) in [7, 11) is 0. The molecule has 108 valence electrons. The van der Waals surface area contributed by atoms with E-state index in [1.54, 1.807) is 6.20 Å². The molecular weight excluding hydrogens is 252 g/mol. The van der Waals surface area contributed by atoms with E-state index in [0.717, 1.165) is 30.7 Å². The van der Waals surface area contributed by atoms with E-state index in [4.69, 9.17) is 4.74 Å². The van der Waals surface area contributed by atoms with Crippen molar-refractivity contribution < 1.29 is 9.53 Å². The Balaban J connectivity index is 1.67. The predicted molar refractivity (Wildman–Crippen MR) is 77.9 cm³/mol. The SMILES string of the molecule is CCOC(=O)c1ccc(N(CC2CC2)CC2CC2)nc1. The van der Waals surface area contributed by atoms with Crippen molar-refractivity contribution in [3.8, 4) is 0 Å². The average molecular weight is 274 g/mol. The lowest BCUT2D eigenvalue weighted by molar-refractivity contribution is 0.0526. The summed E-state index contributed by atoms with van der Waals surface area (Å²) in [5, 5.41) is 0. The van der Waals surface area contributed by atoms with Gasteiger partial charge in [0, 0.05) is 19.3 Å². The molecule has 0 amide bonds. The van der Waals surface area contributed by atoms with Crippen LogP contribution in [0.3, 0.4) is 0 Å². The van der Waals surface area contributed by atoms with Gasteiger partial charge in [0.15, 0.2) is 0 Å². The van der Waals surface area contributed by atoms with Gasteiger partial charge in [-0.3, -0.25) is 0 Å². The summed E-state index contributed by atoms with van der Waals surface area (Å²) < 4.78 is 4.98. The summed E-state index contributed by atoms with van der Waals surface area (Å²) in [6, 6.07) is 3.78. The highest BCUT2D eigenvalue weighted by molar-refractivity contribution is 5.89. The van der Waals surface area contributed by atoms with Crippen molar-refractivity contribution in [2.45, 2.75) is 32.6 Å². The molecule has 4 nitrogen and oxygen atoms in total. The van der Waals surface area contributed by atoms with Crippen molar-refractivity contribution in [1.29, 1.82) is 0 Å². The number of nitrogens with zero attached hydrogens (tertiary/aromatic N) is 2. The first kappa shape index (κ1) is 13.4. The first-order chi connectivity index (χ1) is 9.76. The van der Waals surface area contributed by atoms with Gasteiger partial charge in [-0.1, -0.05) is 0 Å². The third-order valence-electron chi connectivity index (χ3n) is 3.93. The minimum Gasteiger partial charge on any atom is -0.462 e. The van der Waals surface area contributed by atoms with Crippen molar-refractivity contribution in [2.75, 3.05) is 24.6 Å². The number of ether oxygens (including phenoxy) is 1. The summed E-state index contributed by atoms with van der Waals surface area (Å²) in [6.07, 6.45) is 7.04. The van der Waals surface area contributed by atoms with Gasteiger partial charge in [0.05, 0.1) is 12.2 Å². The van der Waals surface area contributed by atoms with E-state index in [1.807, 2.05) is 19.1 Å². The third kappa shape index (κ3) is 3.50. The molecule has 0 aliphatic heterocycles. The zero-order chi connectivity index (χ0) is 13.9. The molecule has 20 heavy (non-hydrogen) atoms. The fraction of sp³-hybridized carbons (Fsp3) is 0.625. The summed E-state index contributed by atoms with van der Waals surface area (Å²) in [5.74, 6) is 2.40. The summed E-state index contributed by atoms with van der Waals surface area (Å²) in [5.41, 5.74) is 0.536. The van der Waals surface area contributed by atoms with Gasteiger partial charge in [-0.2, -0.15) is 0 Å². The Kier molecular flexibility index (Phi) is 3.90. The first-order valence-corrected chi connectivity index (χ1v) is 7.64. The van der Waals surface area contributed by atoms with Crippen LogP contribution >= 0.6 is 0 Å². The molecule has 0 atom stereocenters. The maximum atomic E-state index is 11.6. The van der Waals surface area contributed by atoms with Crippen LogP contribution in [0.4, 0.5) is 5.82 Å². The first-order valence-electron chi connectivity index (χ1n) is 7.64. The zero-order valence-corrected chi connectivity index (χ0v) is 12.0. The fourth-order valence-electron chi connectivity index (χ4n) is 2.39. The number of carbonyl (C=O) groups excluding carboxylic acids is 1. The fourth-order valence-corrected chi connectivity index (χ4v) is 2.39. The van der Waals surface area contributed by atoms with Gasteiger partial charge in [-0.15, -0.1) is 0 Å². The highest BCUT2D eigenvalue weighted by atomic mass is 16.5. The zero-order valence-electron chi connectivity index (χ0n) is 12.0. The minimum absolute atomic E-state index is 0.289. The Morgan fingerprint density at radius 3 is 2.35 bits per heavy atom. The molecule has 1 aromatic heterocycles. The summed E-state index contributed by atoms with van der Waals surface area (Å²) in [6.45, 7) is 4.44. The monoisotopic (exact) mass is 274 g/mol. The number of hydrogen-bond donors (Lipinski definition) is 0. The molecule has 0 N–H and O–H groups in total. The van der Waals surface area contributed by atoms with E-state index in [1.165, 1.54) is 25.7 Å². The molecule has 0 radical (unpaired) electrons. The number of carbonyl (C=O) groups is 1. The van der Waals surface area contributed by atoms with E-state index in [-0.39, 0.29) is 5.97 Å². The Morgan fingerprint density at radius 1 is 1.25 bits per heavy atom. The number of aromatic nitrogens is 1. The standard InChI is InChI=1S/C16H22N2O2/c1-2-20-16(19)14-7-8-15(17-9-14)18(10-12-3-4-12)11-13-5-6-13/h7-9,12-13H,2-6,10-11H2,1H3. The number of anilines is 1. The number of esters is 1. The Labute approximate surface area is 120 Å². The molecule has 1 aromatic rings. The Hall–Kier alpha value is -1.58. The molecule has 4 heteroatoms. The normalized spacial score (nSPS) is 17.9. The van der Waals surface area contributed by atoms with Crippen LogP contribution in [-0.2, 0) is 4.74 Å². The number of rotatable bonds is 7. The van der Waals surface area contributed by atoms with Gasteiger partial charge in [-0.05, 0) is 56.6 Å². The molecule has 0 bridgehead atoms. The van der Waals surface area contributed by atoms with E-state index < -0.39 is 0 Å². The van der Waals surface area contributed by atoms with Crippen LogP contribution in [0.1, 0.15) is 43.0 Å². The molecule has 0 unspecified atom stereocenters. The second-order valence-corrected chi connectivity index (χ2v) is 5.92. The highest BCUT2D eigenvalue weighted by Crippen LogP contribution is 2.35. The molecular formula is C16H22N2O2. The molecule has 2 fully saturated rings. The largest absolute Gasteiger partial charge is 0.462 e.